The lowest BCUT2D eigenvalue weighted by atomic mass is 9.86. The lowest BCUT2D eigenvalue weighted by molar-refractivity contribution is -0.297. The van der Waals surface area contributed by atoms with Crippen LogP contribution in [0, 0.1) is 5.92 Å². The fourth-order valence-electron chi connectivity index (χ4n) is 3.43. The summed E-state index contributed by atoms with van der Waals surface area (Å²) in [5, 5.41) is 10.7. The van der Waals surface area contributed by atoms with Gasteiger partial charge in [0.2, 0.25) is 0 Å². The molecule has 0 spiro atoms. The Labute approximate surface area is 184 Å². The molecular formula is C26H32FO4-. The third-order valence-electron chi connectivity index (χ3n) is 4.95. The number of hydrogen-bond donors (Lipinski definition) is 0. The molecule has 0 aliphatic carbocycles. The highest BCUT2D eigenvalue weighted by molar-refractivity contribution is 5.82. The van der Waals surface area contributed by atoms with Gasteiger partial charge in [0.15, 0.2) is 0 Å². The van der Waals surface area contributed by atoms with Gasteiger partial charge in [-0.1, -0.05) is 26.8 Å². The Morgan fingerprint density at radius 2 is 1.94 bits per heavy atom. The van der Waals surface area contributed by atoms with Crippen LogP contribution in [0.25, 0.3) is 11.1 Å². The zero-order chi connectivity index (χ0) is 23.3. The number of carbonyl (C=O) groups is 1. The lowest BCUT2D eigenvalue weighted by Crippen LogP contribution is -2.30. The molecule has 0 aromatic heterocycles. The fourth-order valence-corrected chi connectivity index (χ4v) is 3.43. The van der Waals surface area contributed by atoms with Crippen molar-refractivity contribution in [1.82, 2.24) is 0 Å². The minimum absolute atomic E-state index is 0.267. The number of aliphatic carboxylic acids is 1. The van der Waals surface area contributed by atoms with Crippen molar-refractivity contribution in [3.63, 3.8) is 0 Å². The first-order valence-corrected chi connectivity index (χ1v) is 10.6. The minimum atomic E-state index is -1.32. The lowest BCUT2D eigenvalue weighted by Gasteiger charge is -2.33. The third kappa shape index (κ3) is 6.33. The first-order valence-electron chi connectivity index (χ1n) is 10.6. The molecule has 1 aromatic carbocycles. The molecule has 5 heteroatoms. The standard InChI is InChI=1S/C26H33FO4/c1-8-11-30-23-14-24-20(21(16(2)3)15-26(6,7)31-24)13-19(23)18(5)22(27)10-9-17(4)12-25(28)29/h9-10,12-16H,8,11H2,1-7H3,(H,28,29)/p-1/b10-9+,17-12+,22-18+. The normalized spacial score (nSPS) is 16.5. The van der Waals surface area contributed by atoms with Crippen LogP contribution in [0.2, 0.25) is 0 Å². The van der Waals surface area contributed by atoms with Crippen LogP contribution in [0.1, 0.15) is 66.0 Å². The molecule has 0 bridgehead atoms. The molecule has 1 heterocycles. The molecule has 0 saturated carbocycles. The van der Waals surface area contributed by atoms with Crippen molar-refractivity contribution in [2.75, 3.05) is 6.61 Å². The Morgan fingerprint density at radius 3 is 2.52 bits per heavy atom. The topological polar surface area (TPSA) is 58.6 Å². The average Bonchev–Trinajstić information content (AvgIpc) is 2.67. The summed E-state index contributed by atoms with van der Waals surface area (Å²) < 4.78 is 27.1. The number of carbonyl (C=O) groups excluding carboxylic acids is 1. The zero-order valence-corrected chi connectivity index (χ0v) is 19.5. The molecule has 0 N–H and O–H groups in total. The maximum atomic E-state index is 15.0. The number of hydrogen-bond acceptors (Lipinski definition) is 4. The van der Waals surface area contributed by atoms with E-state index >= 15 is 0 Å². The first kappa shape index (κ1) is 24.4. The monoisotopic (exact) mass is 427 g/mol. The maximum absolute atomic E-state index is 15.0. The molecule has 4 nitrogen and oxygen atoms in total. The van der Waals surface area contributed by atoms with Crippen LogP contribution in [0.3, 0.4) is 0 Å². The van der Waals surface area contributed by atoms with Crippen molar-refractivity contribution in [2.24, 2.45) is 5.92 Å². The molecule has 1 aromatic rings. The van der Waals surface area contributed by atoms with Crippen LogP contribution in [0.15, 0.2) is 47.8 Å². The van der Waals surface area contributed by atoms with Crippen LogP contribution in [-0.2, 0) is 4.79 Å². The third-order valence-corrected chi connectivity index (χ3v) is 4.95. The van der Waals surface area contributed by atoms with E-state index in [2.05, 4.69) is 19.9 Å². The van der Waals surface area contributed by atoms with Crippen LogP contribution in [0.5, 0.6) is 11.5 Å². The number of fused-ring (bicyclic) bond motifs is 1. The van der Waals surface area contributed by atoms with Gasteiger partial charge in [0.1, 0.15) is 22.9 Å². The Kier molecular flexibility index (Phi) is 7.88. The van der Waals surface area contributed by atoms with Gasteiger partial charge in [0, 0.05) is 17.2 Å². The number of halogens is 1. The average molecular weight is 428 g/mol. The van der Waals surface area contributed by atoms with Gasteiger partial charge in [-0.05, 0) is 81.0 Å². The molecule has 1 aliphatic heterocycles. The number of carboxylic acid groups (broad SMARTS) is 1. The number of allylic oxidation sites excluding steroid dienone is 6. The van der Waals surface area contributed by atoms with Gasteiger partial charge in [-0.25, -0.2) is 4.39 Å². The molecule has 0 unspecified atom stereocenters. The van der Waals surface area contributed by atoms with E-state index in [0.717, 1.165) is 29.4 Å². The van der Waals surface area contributed by atoms with Crippen LogP contribution in [0.4, 0.5) is 4.39 Å². The van der Waals surface area contributed by atoms with Crippen molar-refractivity contribution >= 4 is 17.1 Å². The molecule has 31 heavy (non-hydrogen) atoms. The zero-order valence-electron chi connectivity index (χ0n) is 19.5. The summed E-state index contributed by atoms with van der Waals surface area (Å²) in [5.74, 6) is -0.237. The predicted octanol–water partition coefficient (Wildman–Crippen LogP) is 5.64. The highest BCUT2D eigenvalue weighted by Gasteiger charge is 2.29. The summed E-state index contributed by atoms with van der Waals surface area (Å²) in [5.41, 5.74) is 3.06. The smallest absolute Gasteiger partial charge is 0.131 e. The Bertz CT molecular complexity index is 962. The van der Waals surface area contributed by atoms with E-state index in [1.165, 1.54) is 12.2 Å². The maximum Gasteiger partial charge on any atom is 0.131 e. The van der Waals surface area contributed by atoms with Crippen LogP contribution in [-0.4, -0.2) is 18.2 Å². The predicted molar refractivity (Wildman–Crippen MR) is 121 cm³/mol. The van der Waals surface area contributed by atoms with Crippen LogP contribution < -0.4 is 14.6 Å². The van der Waals surface area contributed by atoms with E-state index in [4.69, 9.17) is 9.47 Å². The number of ether oxygens (including phenoxy) is 2. The van der Waals surface area contributed by atoms with Gasteiger partial charge in [0.05, 0.1) is 12.6 Å². The first-order chi connectivity index (χ1) is 14.4. The summed E-state index contributed by atoms with van der Waals surface area (Å²) in [6.45, 7) is 14.0. The molecule has 0 radical (unpaired) electrons. The highest BCUT2D eigenvalue weighted by Crippen LogP contribution is 2.44. The Hall–Kier alpha value is -2.82. The molecule has 0 atom stereocenters. The number of carboxylic acids is 1. The van der Waals surface area contributed by atoms with Crippen LogP contribution >= 0.6 is 0 Å². The number of benzene rings is 1. The van der Waals surface area contributed by atoms with E-state index < -0.39 is 17.4 Å². The quantitative estimate of drug-likeness (QED) is 0.398. The Morgan fingerprint density at radius 1 is 1.26 bits per heavy atom. The second kappa shape index (κ2) is 9.99. The molecule has 2 rings (SSSR count). The van der Waals surface area contributed by atoms with E-state index in [9.17, 15) is 14.3 Å². The highest BCUT2D eigenvalue weighted by atomic mass is 19.1. The van der Waals surface area contributed by atoms with Gasteiger partial charge in [-0.2, -0.15) is 0 Å². The van der Waals surface area contributed by atoms with Crippen molar-refractivity contribution in [3.05, 3.63) is 59.0 Å². The van der Waals surface area contributed by atoms with Crippen molar-refractivity contribution < 1.29 is 23.8 Å². The Balaban J connectivity index is 2.61. The SMILES string of the molecule is CCCOc1cc2c(cc1\C(C)=C(F)/C=C/C(C)=C/C(=O)[O-])C(C(C)C)=CC(C)(C)O2. The second-order valence-corrected chi connectivity index (χ2v) is 8.67. The van der Waals surface area contributed by atoms with E-state index in [1.54, 1.807) is 13.8 Å². The molecule has 0 saturated heterocycles. The fraction of sp³-hybridized carbons (Fsp3) is 0.423. The summed E-state index contributed by atoms with van der Waals surface area (Å²) in [6.07, 6.45) is 6.52. The molecule has 168 valence electrons. The van der Waals surface area contributed by atoms with E-state index in [0.29, 0.717) is 29.1 Å². The summed E-state index contributed by atoms with van der Waals surface area (Å²) in [7, 11) is 0. The summed E-state index contributed by atoms with van der Waals surface area (Å²) in [6, 6.07) is 3.77. The van der Waals surface area contributed by atoms with Crippen molar-refractivity contribution in [2.45, 2.75) is 60.5 Å². The van der Waals surface area contributed by atoms with Gasteiger partial charge in [-0.3, -0.25) is 0 Å². The molecule has 1 aliphatic rings. The minimum Gasteiger partial charge on any atom is -0.545 e. The van der Waals surface area contributed by atoms with Crippen molar-refractivity contribution in [3.8, 4) is 11.5 Å². The largest absolute Gasteiger partial charge is 0.545 e. The molecular weight excluding hydrogens is 395 g/mol. The van der Waals surface area contributed by atoms with Gasteiger partial charge in [0.25, 0.3) is 0 Å². The van der Waals surface area contributed by atoms with E-state index in [1.807, 2.05) is 32.9 Å². The molecule has 0 fully saturated rings. The van der Waals surface area contributed by atoms with Gasteiger partial charge >= 0.3 is 0 Å². The van der Waals surface area contributed by atoms with E-state index in [-0.39, 0.29) is 5.92 Å². The number of rotatable bonds is 8. The van der Waals surface area contributed by atoms with Crippen molar-refractivity contribution in [1.29, 1.82) is 0 Å². The molecule has 0 amide bonds. The summed E-state index contributed by atoms with van der Waals surface area (Å²) in [4.78, 5) is 10.7. The van der Waals surface area contributed by atoms with Gasteiger partial charge in [-0.15, -0.1) is 0 Å². The second-order valence-electron chi connectivity index (χ2n) is 8.67. The summed E-state index contributed by atoms with van der Waals surface area (Å²) >= 11 is 0. The van der Waals surface area contributed by atoms with Gasteiger partial charge < -0.3 is 19.4 Å².